The molecule has 0 bridgehead atoms. The number of unbranched alkanes of at least 4 members (excludes halogenated alkanes) is 2. The largest absolute Gasteiger partial charge is 0.346 e. The Morgan fingerprint density at radius 1 is 0.921 bits per heavy atom. The fourth-order valence-electron chi connectivity index (χ4n) is 4.14. The van der Waals surface area contributed by atoms with Gasteiger partial charge in [0.1, 0.15) is 0 Å². The Labute approximate surface area is 237 Å². The van der Waals surface area contributed by atoms with Crippen molar-refractivity contribution in [2.45, 2.75) is 49.1 Å². The number of halogens is 2. The van der Waals surface area contributed by atoms with E-state index in [9.17, 15) is 4.79 Å². The van der Waals surface area contributed by atoms with Crippen molar-refractivity contribution in [1.29, 1.82) is 0 Å². The highest BCUT2D eigenvalue weighted by Crippen LogP contribution is 2.33. The van der Waals surface area contributed by atoms with Crippen LogP contribution in [0.15, 0.2) is 84.0 Å². The zero-order chi connectivity index (χ0) is 26.7. The summed E-state index contributed by atoms with van der Waals surface area (Å²) in [7, 11) is 0. The Balaban J connectivity index is 1.69. The first-order chi connectivity index (χ1) is 18.5. The zero-order valence-electron chi connectivity index (χ0n) is 21.0. The number of rotatable bonds is 13. The molecule has 1 unspecified atom stereocenters. The number of hydrogen-bond donors (Lipinski definition) is 2. The summed E-state index contributed by atoms with van der Waals surface area (Å²) in [5.41, 5.74) is 8.56. The third kappa shape index (κ3) is 7.84. The number of benzene rings is 3. The van der Waals surface area contributed by atoms with Gasteiger partial charge >= 0.3 is 0 Å². The molecule has 0 aliphatic heterocycles. The van der Waals surface area contributed by atoms with E-state index >= 15 is 0 Å². The minimum Gasteiger partial charge on any atom is -0.346 e. The molecular weight excluding hydrogens is 537 g/mol. The van der Waals surface area contributed by atoms with Crippen LogP contribution in [-0.2, 0) is 17.0 Å². The number of nitrogens with two attached hydrogens (primary N) is 1. The molecule has 4 rings (SSSR count). The molecule has 198 valence electrons. The Bertz CT molecular complexity index is 1320. The second-order valence-electron chi connectivity index (χ2n) is 8.96. The molecule has 0 aliphatic carbocycles. The summed E-state index contributed by atoms with van der Waals surface area (Å²) in [5.74, 6) is 1.29. The van der Waals surface area contributed by atoms with Crippen LogP contribution in [0.25, 0.3) is 5.69 Å². The third-order valence-electron chi connectivity index (χ3n) is 6.06. The number of nitrogens with one attached hydrogen (secondary N) is 1. The lowest BCUT2D eigenvalue weighted by Crippen LogP contribution is -2.32. The van der Waals surface area contributed by atoms with E-state index in [1.165, 1.54) is 5.56 Å². The minimum absolute atomic E-state index is 0.0294. The van der Waals surface area contributed by atoms with Gasteiger partial charge in [-0.1, -0.05) is 102 Å². The molecule has 0 saturated carbocycles. The van der Waals surface area contributed by atoms with Crippen molar-refractivity contribution in [3.05, 3.63) is 106 Å². The Morgan fingerprint density at radius 3 is 2.32 bits per heavy atom. The normalized spacial score (nSPS) is 11.9. The van der Waals surface area contributed by atoms with Gasteiger partial charge in [-0.2, -0.15) is 0 Å². The van der Waals surface area contributed by atoms with Crippen LogP contribution in [0.1, 0.15) is 48.7 Å². The van der Waals surface area contributed by atoms with Gasteiger partial charge in [-0.15, -0.1) is 10.2 Å². The summed E-state index contributed by atoms with van der Waals surface area (Å²) in [4.78, 5) is 13.0. The Kier molecular flexibility index (Phi) is 10.6. The summed E-state index contributed by atoms with van der Waals surface area (Å²) in [6.45, 7) is 0.632. The number of thioether (sulfide) groups is 1. The first-order valence-corrected chi connectivity index (χ1v) is 14.4. The second-order valence-corrected chi connectivity index (χ2v) is 10.7. The van der Waals surface area contributed by atoms with Gasteiger partial charge in [0, 0.05) is 17.2 Å². The zero-order valence-corrected chi connectivity index (χ0v) is 23.4. The standard InChI is InChI=1S/C29H31Cl2N5OS/c30-23-15-16-26(24(31)19-23)36-28(34-35-29(36)38-20-22-12-6-2-7-13-22)25(18-21-10-4-1-5-11-21)33-27(37)14-8-3-9-17-32/h1-2,4-7,10-13,15-16,19,25H,3,8-9,14,17-18,20,32H2,(H,33,37). The molecule has 3 N–H and O–H groups in total. The first-order valence-electron chi connectivity index (χ1n) is 12.7. The summed E-state index contributed by atoms with van der Waals surface area (Å²) in [6, 6.07) is 25.2. The van der Waals surface area contributed by atoms with Crippen LogP contribution in [0.4, 0.5) is 0 Å². The van der Waals surface area contributed by atoms with Gasteiger partial charge in [0.25, 0.3) is 0 Å². The molecule has 1 aromatic heterocycles. The SMILES string of the molecule is NCCCCCC(=O)NC(Cc1ccccc1)c1nnc(SCc2ccccc2)n1-c1ccc(Cl)cc1Cl. The fraction of sp³-hybridized carbons (Fsp3) is 0.276. The number of amides is 1. The average molecular weight is 569 g/mol. The van der Waals surface area contributed by atoms with Gasteiger partial charge in [0.05, 0.1) is 16.8 Å². The van der Waals surface area contributed by atoms with E-state index in [0.717, 1.165) is 24.8 Å². The van der Waals surface area contributed by atoms with Crippen LogP contribution >= 0.6 is 35.0 Å². The topological polar surface area (TPSA) is 85.8 Å². The van der Waals surface area contributed by atoms with Crippen molar-refractivity contribution < 1.29 is 4.79 Å². The van der Waals surface area contributed by atoms with Crippen molar-refractivity contribution in [3.8, 4) is 5.69 Å². The minimum atomic E-state index is -0.412. The molecule has 1 heterocycles. The highest BCUT2D eigenvalue weighted by Gasteiger charge is 2.26. The van der Waals surface area contributed by atoms with Crippen molar-refractivity contribution in [3.63, 3.8) is 0 Å². The van der Waals surface area contributed by atoms with Crippen LogP contribution in [0.2, 0.25) is 10.0 Å². The molecule has 0 radical (unpaired) electrons. The van der Waals surface area contributed by atoms with Crippen LogP contribution in [-0.4, -0.2) is 27.2 Å². The lowest BCUT2D eigenvalue weighted by Gasteiger charge is -2.21. The van der Waals surface area contributed by atoms with Crippen LogP contribution in [0.5, 0.6) is 0 Å². The molecule has 0 aliphatic rings. The summed E-state index contributed by atoms with van der Waals surface area (Å²) in [5, 5.41) is 14.1. The van der Waals surface area contributed by atoms with Crippen molar-refractivity contribution in [1.82, 2.24) is 20.1 Å². The first kappa shape index (κ1) is 28.2. The smallest absolute Gasteiger partial charge is 0.220 e. The molecular formula is C29H31Cl2N5OS. The average Bonchev–Trinajstić information content (AvgIpc) is 3.34. The van der Waals surface area contributed by atoms with Gasteiger partial charge in [0.2, 0.25) is 5.91 Å². The van der Waals surface area contributed by atoms with Crippen molar-refractivity contribution in [2.24, 2.45) is 5.73 Å². The van der Waals surface area contributed by atoms with Gasteiger partial charge in [-0.3, -0.25) is 9.36 Å². The predicted octanol–water partition coefficient (Wildman–Crippen LogP) is 6.79. The van der Waals surface area contributed by atoms with Crippen LogP contribution in [0, 0.1) is 0 Å². The van der Waals surface area contributed by atoms with Crippen molar-refractivity contribution >= 4 is 40.9 Å². The number of hydrogen-bond acceptors (Lipinski definition) is 5. The molecule has 0 fully saturated rings. The molecule has 1 amide bonds. The summed E-state index contributed by atoms with van der Waals surface area (Å²) in [6.07, 6.45) is 3.60. The van der Waals surface area contributed by atoms with E-state index in [1.807, 2.05) is 59.2 Å². The quantitative estimate of drug-likeness (QED) is 0.137. The maximum atomic E-state index is 13.0. The summed E-state index contributed by atoms with van der Waals surface area (Å²) < 4.78 is 1.94. The van der Waals surface area contributed by atoms with Crippen LogP contribution in [0.3, 0.4) is 0 Å². The van der Waals surface area contributed by atoms with Gasteiger partial charge in [-0.25, -0.2) is 0 Å². The third-order valence-corrected chi connectivity index (χ3v) is 7.60. The Morgan fingerprint density at radius 2 is 1.63 bits per heavy atom. The fourth-order valence-corrected chi connectivity index (χ4v) is 5.54. The van der Waals surface area contributed by atoms with Crippen molar-refractivity contribution in [2.75, 3.05) is 6.54 Å². The van der Waals surface area contributed by atoms with Gasteiger partial charge in [0.15, 0.2) is 11.0 Å². The highest BCUT2D eigenvalue weighted by molar-refractivity contribution is 7.98. The molecule has 1 atom stereocenters. The summed E-state index contributed by atoms with van der Waals surface area (Å²) >= 11 is 14.5. The lowest BCUT2D eigenvalue weighted by atomic mass is 10.0. The van der Waals surface area contributed by atoms with Gasteiger partial charge < -0.3 is 11.1 Å². The number of nitrogens with zero attached hydrogens (tertiary/aromatic N) is 3. The molecule has 38 heavy (non-hydrogen) atoms. The van der Waals surface area contributed by atoms with Crippen LogP contribution < -0.4 is 11.1 Å². The Hall–Kier alpha value is -2.84. The van der Waals surface area contributed by atoms with E-state index in [-0.39, 0.29) is 5.91 Å². The molecule has 0 saturated heterocycles. The van der Waals surface area contributed by atoms with E-state index in [4.69, 9.17) is 28.9 Å². The number of carbonyl (C=O) groups excluding carboxylic acids is 1. The number of aromatic nitrogens is 3. The van der Waals surface area contributed by atoms with Gasteiger partial charge in [-0.05, 0) is 55.1 Å². The lowest BCUT2D eigenvalue weighted by molar-refractivity contribution is -0.122. The van der Waals surface area contributed by atoms with E-state index in [1.54, 1.807) is 23.9 Å². The maximum absolute atomic E-state index is 13.0. The molecule has 9 heteroatoms. The van der Waals surface area contributed by atoms with E-state index in [0.29, 0.717) is 51.9 Å². The molecule has 6 nitrogen and oxygen atoms in total. The molecule has 3 aromatic carbocycles. The van der Waals surface area contributed by atoms with E-state index < -0.39 is 6.04 Å². The molecule has 4 aromatic rings. The maximum Gasteiger partial charge on any atom is 0.220 e. The molecule has 0 spiro atoms. The second kappa shape index (κ2) is 14.4. The highest BCUT2D eigenvalue weighted by atomic mass is 35.5. The monoisotopic (exact) mass is 567 g/mol. The van der Waals surface area contributed by atoms with E-state index in [2.05, 4.69) is 27.6 Å². The number of carbonyl (C=O) groups is 1. The predicted molar refractivity (Wildman–Crippen MR) is 156 cm³/mol.